The molecule has 1 atom stereocenters. The zero-order valence-electron chi connectivity index (χ0n) is 12.3. The van der Waals surface area contributed by atoms with Crippen molar-refractivity contribution >= 4 is 27.9 Å². The lowest BCUT2D eigenvalue weighted by molar-refractivity contribution is 0.569. The number of benzene rings is 2. The van der Waals surface area contributed by atoms with E-state index in [1.54, 1.807) is 5.57 Å². The van der Waals surface area contributed by atoms with Gasteiger partial charge in [-0.25, -0.2) is 0 Å². The van der Waals surface area contributed by atoms with Crippen LogP contribution in [0.5, 0.6) is 0 Å². The molecule has 0 fully saturated rings. The molecule has 4 rings (SSSR count). The Kier molecular flexibility index (Phi) is 3.15. The van der Waals surface area contributed by atoms with E-state index in [-0.39, 0.29) is 0 Å². The number of aryl methyl sites for hydroxylation is 1. The van der Waals surface area contributed by atoms with E-state index in [0.29, 0.717) is 0 Å². The normalized spacial score (nSPS) is 20.6. The van der Waals surface area contributed by atoms with Gasteiger partial charge in [-0.05, 0) is 59.8 Å². The second-order valence-corrected chi connectivity index (χ2v) is 6.52. The van der Waals surface area contributed by atoms with Crippen molar-refractivity contribution in [3.8, 4) is 0 Å². The lowest BCUT2D eigenvalue weighted by Crippen LogP contribution is -2.14. The van der Waals surface area contributed by atoms with Gasteiger partial charge < -0.3 is 0 Å². The van der Waals surface area contributed by atoms with Crippen molar-refractivity contribution in [3.63, 3.8) is 0 Å². The molecule has 0 radical (unpaired) electrons. The van der Waals surface area contributed by atoms with Crippen LogP contribution >= 0.6 is 11.6 Å². The summed E-state index contributed by atoms with van der Waals surface area (Å²) in [6.07, 6.45) is 9.45. The van der Waals surface area contributed by atoms with Gasteiger partial charge in [0.1, 0.15) is 0 Å². The SMILES string of the molecule is CCC1CC=CC2=C1CCc1c2ccc2cccc(Cl)c12. The van der Waals surface area contributed by atoms with E-state index in [1.807, 2.05) is 12.1 Å². The first-order chi connectivity index (χ1) is 10.3. The Morgan fingerprint density at radius 2 is 2.05 bits per heavy atom. The summed E-state index contributed by atoms with van der Waals surface area (Å²) in [5, 5.41) is 3.41. The van der Waals surface area contributed by atoms with E-state index < -0.39 is 0 Å². The summed E-state index contributed by atoms with van der Waals surface area (Å²) < 4.78 is 0. The summed E-state index contributed by atoms with van der Waals surface area (Å²) in [7, 11) is 0. The topological polar surface area (TPSA) is 0 Å². The number of hydrogen-bond acceptors (Lipinski definition) is 0. The highest BCUT2D eigenvalue weighted by atomic mass is 35.5. The molecule has 21 heavy (non-hydrogen) atoms. The molecule has 0 saturated heterocycles. The number of allylic oxidation sites excluding steroid dienone is 4. The second kappa shape index (κ2) is 5.03. The lowest BCUT2D eigenvalue weighted by atomic mass is 9.74. The molecule has 0 aliphatic heterocycles. The van der Waals surface area contributed by atoms with Crippen molar-refractivity contribution in [1.29, 1.82) is 0 Å². The van der Waals surface area contributed by atoms with Gasteiger partial charge >= 0.3 is 0 Å². The molecule has 2 aliphatic carbocycles. The molecular weight excluding hydrogens is 276 g/mol. The van der Waals surface area contributed by atoms with Crippen LogP contribution in [0.4, 0.5) is 0 Å². The van der Waals surface area contributed by atoms with Crippen LogP contribution in [-0.4, -0.2) is 0 Å². The van der Waals surface area contributed by atoms with Crippen molar-refractivity contribution in [3.05, 3.63) is 64.2 Å². The fourth-order valence-electron chi connectivity index (χ4n) is 4.01. The Hall–Kier alpha value is -1.53. The van der Waals surface area contributed by atoms with Gasteiger partial charge in [0.05, 0.1) is 0 Å². The quantitative estimate of drug-likeness (QED) is 0.589. The average Bonchev–Trinajstić information content (AvgIpc) is 2.53. The first kappa shape index (κ1) is 13.2. The zero-order valence-corrected chi connectivity index (χ0v) is 13.1. The smallest absolute Gasteiger partial charge is 0.0487 e. The summed E-state index contributed by atoms with van der Waals surface area (Å²) in [4.78, 5) is 0. The zero-order chi connectivity index (χ0) is 14.4. The minimum atomic E-state index is 0.736. The van der Waals surface area contributed by atoms with E-state index in [1.165, 1.54) is 46.7 Å². The van der Waals surface area contributed by atoms with Crippen molar-refractivity contribution < 1.29 is 0 Å². The van der Waals surface area contributed by atoms with E-state index in [2.05, 4.69) is 37.3 Å². The van der Waals surface area contributed by atoms with Gasteiger partial charge in [0.2, 0.25) is 0 Å². The van der Waals surface area contributed by atoms with Crippen LogP contribution in [0, 0.1) is 5.92 Å². The maximum absolute atomic E-state index is 6.49. The highest BCUT2D eigenvalue weighted by molar-refractivity contribution is 6.36. The van der Waals surface area contributed by atoms with E-state index in [4.69, 9.17) is 11.6 Å². The Morgan fingerprint density at radius 3 is 2.90 bits per heavy atom. The van der Waals surface area contributed by atoms with E-state index in [9.17, 15) is 0 Å². The van der Waals surface area contributed by atoms with Gasteiger partial charge in [-0.3, -0.25) is 0 Å². The first-order valence-electron chi connectivity index (χ1n) is 7.89. The third-order valence-electron chi connectivity index (χ3n) is 5.07. The maximum Gasteiger partial charge on any atom is 0.0487 e. The van der Waals surface area contributed by atoms with Crippen LogP contribution in [0.15, 0.2) is 48.1 Å². The Morgan fingerprint density at radius 1 is 1.14 bits per heavy atom. The van der Waals surface area contributed by atoms with Crippen LogP contribution in [0.25, 0.3) is 16.3 Å². The molecule has 106 valence electrons. The molecule has 0 N–H and O–H groups in total. The van der Waals surface area contributed by atoms with Gasteiger partial charge in [-0.1, -0.05) is 60.5 Å². The third-order valence-corrected chi connectivity index (χ3v) is 5.39. The molecule has 0 nitrogen and oxygen atoms in total. The number of fused-ring (bicyclic) bond motifs is 4. The molecule has 0 bridgehead atoms. The van der Waals surface area contributed by atoms with Crippen LogP contribution in [0.3, 0.4) is 0 Å². The summed E-state index contributed by atoms with van der Waals surface area (Å²) in [6.45, 7) is 2.31. The molecule has 1 unspecified atom stereocenters. The van der Waals surface area contributed by atoms with Gasteiger partial charge in [0, 0.05) is 10.4 Å². The number of rotatable bonds is 1. The molecule has 0 aromatic heterocycles. The molecular formula is C20H19Cl. The Labute approximate surface area is 131 Å². The van der Waals surface area contributed by atoms with Gasteiger partial charge in [0.25, 0.3) is 0 Å². The summed E-state index contributed by atoms with van der Waals surface area (Å²) >= 11 is 6.49. The predicted molar refractivity (Wildman–Crippen MR) is 91.7 cm³/mol. The summed E-state index contributed by atoms with van der Waals surface area (Å²) in [5.74, 6) is 0.736. The molecule has 0 saturated carbocycles. The molecule has 0 spiro atoms. The highest BCUT2D eigenvalue weighted by Crippen LogP contribution is 2.44. The van der Waals surface area contributed by atoms with Crippen molar-refractivity contribution in [2.75, 3.05) is 0 Å². The molecule has 0 heterocycles. The minimum absolute atomic E-state index is 0.736. The van der Waals surface area contributed by atoms with E-state index in [0.717, 1.165) is 17.4 Å². The van der Waals surface area contributed by atoms with Gasteiger partial charge in [-0.2, -0.15) is 0 Å². The number of halogens is 1. The maximum atomic E-state index is 6.49. The molecule has 0 amide bonds. The molecule has 2 aromatic carbocycles. The summed E-state index contributed by atoms with van der Waals surface area (Å²) in [6, 6.07) is 10.7. The molecule has 2 aromatic rings. The van der Waals surface area contributed by atoms with Gasteiger partial charge in [-0.15, -0.1) is 0 Å². The monoisotopic (exact) mass is 294 g/mol. The fraction of sp³-hybridized carbons (Fsp3) is 0.300. The van der Waals surface area contributed by atoms with Crippen molar-refractivity contribution in [2.24, 2.45) is 5.92 Å². The Bertz CT molecular complexity index is 780. The standard InChI is InChI=1S/C20H19Cl/c1-2-13-5-3-7-16-15(13)11-12-18-17(16)10-9-14-6-4-8-19(21)20(14)18/h3-4,6-10,13H,2,5,11-12H2,1H3. The number of hydrogen-bond donors (Lipinski definition) is 0. The molecule has 2 aliphatic rings. The summed E-state index contributed by atoms with van der Waals surface area (Å²) in [5.41, 5.74) is 5.99. The first-order valence-corrected chi connectivity index (χ1v) is 8.27. The van der Waals surface area contributed by atoms with Crippen molar-refractivity contribution in [2.45, 2.75) is 32.6 Å². The largest absolute Gasteiger partial charge is 0.0837 e. The fourth-order valence-corrected chi connectivity index (χ4v) is 4.31. The van der Waals surface area contributed by atoms with Gasteiger partial charge in [0.15, 0.2) is 0 Å². The lowest BCUT2D eigenvalue weighted by Gasteiger charge is -2.30. The minimum Gasteiger partial charge on any atom is -0.0837 e. The molecule has 1 heteroatoms. The van der Waals surface area contributed by atoms with Crippen molar-refractivity contribution in [1.82, 2.24) is 0 Å². The Balaban J connectivity index is 1.99. The van der Waals surface area contributed by atoms with Crippen LogP contribution < -0.4 is 0 Å². The van der Waals surface area contributed by atoms with Crippen LogP contribution in [0.1, 0.15) is 37.3 Å². The van der Waals surface area contributed by atoms with Crippen LogP contribution in [-0.2, 0) is 6.42 Å². The third kappa shape index (κ3) is 1.97. The van der Waals surface area contributed by atoms with Crippen LogP contribution in [0.2, 0.25) is 5.02 Å². The average molecular weight is 295 g/mol. The second-order valence-electron chi connectivity index (χ2n) is 6.11. The van der Waals surface area contributed by atoms with E-state index >= 15 is 0 Å². The highest BCUT2D eigenvalue weighted by Gasteiger charge is 2.25. The predicted octanol–water partition coefficient (Wildman–Crippen LogP) is 6.18.